The molecule has 2 heterocycles. The highest BCUT2D eigenvalue weighted by Gasteiger charge is 2.44. The van der Waals surface area contributed by atoms with Gasteiger partial charge in [-0.1, -0.05) is 6.92 Å². The van der Waals surface area contributed by atoms with Gasteiger partial charge in [-0.05, 0) is 45.1 Å². The molecule has 0 aromatic carbocycles. The molecular formula is C14H26N2O2. The predicted molar refractivity (Wildman–Crippen MR) is 71.3 cm³/mol. The maximum atomic E-state index is 12.8. The highest BCUT2D eigenvalue weighted by molar-refractivity contribution is 5.84. The molecule has 0 bridgehead atoms. The second kappa shape index (κ2) is 6.02. The zero-order valence-electron chi connectivity index (χ0n) is 11.5. The minimum absolute atomic E-state index is 0.151. The van der Waals surface area contributed by atoms with Crippen molar-refractivity contribution in [3.8, 4) is 0 Å². The molecular weight excluding hydrogens is 228 g/mol. The molecule has 0 aliphatic carbocycles. The van der Waals surface area contributed by atoms with Crippen LogP contribution in [0.4, 0.5) is 0 Å². The van der Waals surface area contributed by atoms with E-state index in [-0.39, 0.29) is 12.0 Å². The molecule has 1 amide bonds. The van der Waals surface area contributed by atoms with Crippen LogP contribution in [0.15, 0.2) is 0 Å². The fraction of sp³-hybridized carbons (Fsp3) is 0.929. The summed E-state index contributed by atoms with van der Waals surface area (Å²) in [6, 6.07) is 0.369. The average Bonchev–Trinajstić information content (AvgIpc) is 3.05. The van der Waals surface area contributed by atoms with Gasteiger partial charge in [0.15, 0.2) is 0 Å². The summed E-state index contributed by atoms with van der Waals surface area (Å²) in [5.74, 6) is 0.357. The molecule has 4 nitrogen and oxygen atoms in total. The van der Waals surface area contributed by atoms with Gasteiger partial charge in [-0.15, -0.1) is 0 Å². The van der Waals surface area contributed by atoms with Crippen LogP contribution < -0.4 is 5.32 Å². The van der Waals surface area contributed by atoms with Gasteiger partial charge in [-0.3, -0.25) is 4.79 Å². The standard InChI is InChI=1S/C14H26N2O2/c1-2-14(7-8-15-11-14)13(18)16-9-3-5-12(16)6-4-10-17/h12,15,17H,2-11H2,1H3. The van der Waals surface area contributed by atoms with Crippen LogP contribution >= 0.6 is 0 Å². The Morgan fingerprint density at radius 1 is 1.56 bits per heavy atom. The molecule has 18 heavy (non-hydrogen) atoms. The van der Waals surface area contributed by atoms with E-state index in [1.807, 2.05) is 0 Å². The van der Waals surface area contributed by atoms with E-state index in [1.54, 1.807) is 0 Å². The van der Waals surface area contributed by atoms with Gasteiger partial charge in [0, 0.05) is 25.7 Å². The van der Waals surface area contributed by atoms with E-state index in [4.69, 9.17) is 5.11 Å². The van der Waals surface area contributed by atoms with Crippen molar-refractivity contribution in [3.05, 3.63) is 0 Å². The van der Waals surface area contributed by atoms with E-state index in [9.17, 15) is 4.79 Å². The van der Waals surface area contributed by atoms with Crippen molar-refractivity contribution in [1.82, 2.24) is 10.2 Å². The Morgan fingerprint density at radius 2 is 2.39 bits per heavy atom. The number of hydrogen-bond donors (Lipinski definition) is 2. The molecule has 0 radical (unpaired) electrons. The van der Waals surface area contributed by atoms with Crippen LogP contribution in [0.2, 0.25) is 0 Å². The van der Waals surface area contributed by atoms with Crippen LogP contribution in [-0.2, 0) is 4.79 Å². The van der Waals surface area contributed by atoms with Gasteiger partial charge in [-0.25, -0.2) is 0 Å². The maximum absolute atomic E-state index is 12.8. The van der Waals surface area contributed by atoms with E-state index < -0.39 is 0 Å². The van der Waals surface area contributed by atoms with Crippen LogP contribution in [0.1, 0.15) is 45.4 Å². The number of amides is 1. The lowest BCUT2D eigenvalue weighted by atomic mass is 9.82. The Balaban J connectivity index is 2.02. The van der Waals surface area contributed by atoms with E-state index in [2.05, 4.69) is 17.1 Å². The third-order valence-electron chi connectivity index (χ3n) is 4.71. The molecule has 2 saturated heterocycles. The highest BCUT2D eigenvalue weighted by Crippen LogP contribution is 2.35. The predicted octanol–water partition coefficient (Wildman–Crippen LogP) is 1.14. The molecule has 2 fully saturated rings. The number of aliphatic hydroxyl groups excluding tert-OH is 1. The normalized spacial score (nSPS) is 32.1. The first-order chi connectivity index (χ1) is 8.73. The van der Waals surface area contributed by atoms with Gasteiger partial charge in [0.25, 0.3) is 0 Å². The average molecular weight is 254 g/mol. The molecule has 4 heteroatoms. The zero-order chi connectivity index (χ0) is 13.0. The van der Waals surface area contributed by atoms with Crippen LogP contribution in [0, 0.1) is 5.41 Å². The molecule has 104 valence electrons. The number of nitrogens with zero attached hydrogens (tertiary/aromatic N) is 1. The first-order valence-corrected chi connectivity index (χ1v) is 7.36. The molecule has 0 aromatic rings. The van der Waals surface area contributed by atoms with Crippen LogP contribution in [0.25, 0.3) is 0 Å². The fourth-order valence-corrected chi connectivity index (χ4v) is 3.41. The minimum Gasteiger partial charge on any atom is -0.396 e. The van der Waals surface area contributed by atoms with E-state index in [0.717, 1.165) is 58.2 Å². The molecule has 0 spiro atoms. The molecule has 2 rings (SSSR count). The van der Waals surface area contributed by atoms with Crippen molar-refractivity contribution >= 4 is 5.91 Å². The zero-order valence-corrected chi connectivity index (χ0v) is 11.5. The molecule has 2 N–H and O–H groups in total. The summed E-state index contributed by atoms with van der Waals surface area (Å²) in [6.45, 7) is 5.08. The Kier molecular flexibility index (Phi) is 4.62. The smallest absolute Gasteiger partial charge is 0.230 e. The molecule has 0 saturated carbocycles. The molecule has 2 atom stereocenters. The molecule has 2 aliphatic heterocycles. The summed E-state index contributed by atoms with van der Waals surface area (Å²) >= 11 is 0. The first-order valence-electron chi connectivity index (χ1n) is 7.36. The summed E-state index contributed by atoms with van der Waals surface area (Å²) < 4.78 is 0. The van der Waals surface area contributed by atoms with Crippen molar-refractivity contribution in [1.29, 1.82) is 0 Å². The third-order valence-corrected chi connectivity index (χ3v) is 4.71. The van der Waals surface area contributed by atoms with Crippen molar-refractivity contribution in [2.24, 2.45) is 5.41 Å². The Hall–Kier alpha value is -0.610. The van der Waals surface area contributed by atoms with Crippen molar-refractivity contribution in [2.75, 3.05) is 26.2 Å². The molecule has 2 aliphatic rings. The van der Waals surface area contributed by atoms with Gasteiger partial charge in [0.1, 0.15) is 0 Å². The number of carbonyl (C=O) groups excluding carboxylic acids is 1. The lowest BCUT2D eigenvalue weighted by Crippen LogP contribution is -2.47. The topological polar surface area (TPSA) is 52.6 Å². The van der Waals surface area contributed by atoms with Gasteiger partial charge >= 0.3 is 0 Å². The lowest BCUT2D eigenvalue weighted by Gasteiger charge is -2.34. The number of rotatable bonds is 5. The second-order valence-corrected chi connectivity index (χ2v) is 5.72. The van der Waals surface area contributed by atoms with Crippen molar-refractivity contribution < 1.29 is 9.90 Å². The van der Waals surface area contributed by atoms with Crippen molar-refractivity contribution in [3.63, 3.8) is 0 Å². The van der Waals surface area contributed by atoms with Gasteiger partial charge in [-0.2, -0.15) is 0 Å². The van der Waals surface area contributed by atoms with Gasteiger partial charge in [0.2, 0.25) is 5.91 Å². The number of aliphatic hydroxyl groups is 1. The van der Waals surface area contributed by atoms with Crippen molar-refractivity contribution in [2.45, 2.75) is 51.5 Å². The Bertz CT molecular complexity index is 288. The Morgan fingerprint density at radius 3 is 3.00 bits per heavy atom. The summed E-state index contributed by atoms with van der Waals surface area (Å²) in [4.78, 5) is 14.9. The summed E-state index contributed by atoms with van der Waals surface area (Å²) in [7, 11) is 0. The Labute approximate surface area is 110 Å². The minimum atomic E-state index is -0.151. The molecule has 2 unspecified atom stereocenters. The fourth-order valence-electron chi connectivity index (χ4n) is 3.41. The van der Waals surface area contributed by atoms with E-state index in [1.165, 1.54) is 0 Å². The van der Waals surface area contributed by atoms with Gasteiger partial charge in [0.05, 0.1) is 5.41 Å². The summed E-state index contributed by atoms with van der Waals surface area (Å²) in [5, 5.41) is 12.3. The number of nitrogens with one attached hydrogen (secondary N) is 1. The largest absolute Gasteiger partial charge is 0.396 e. The van der Waals surface area contributed by atoms with Crippen LogP contribution in [-0.4, -0.2) is 48.2 Å². The molecule has 0 aromatic heterocycles. The lowest BCUT2D eigenvalue weighted by molar-refractivity contribution is -0.142. The highest BCUT2D eigenvalue weighted by atomic mass is 16.3. The maximum Gasteiger partial charge on any atom is 0.230 e. The summed E-state index contributed by atoms with van der Waals surface area (Å²) in [5.41, 5.74) is -0.151. The second-order valence-electron chi connectivity index (χ2n) is 5.72. The van der Waals surface area contributed by atoms with E-state index >= 15 is 0 Å². The third kappa shape index (κ3) is 2.54. The monoisotopic (exact) mass is 254 g/mol. The quantitative estimate of drug-likeness (QED) is 0.773. The number of hydrogen-bond acceptors (Lipinski definition) is 3. The summed E-state index contributed by atoms with van der Waals surface area (Å²) in [6.07, 6.45) is 5.91. The van der Waals surface area contributed by atoms with E-state index in [0.29, 0.717) is 11.9 Å². The first kappa shape index (κ1) is 13.8. The van der Waals surface area contributed by atoms with Crippen LogP contribution in [0.5, 0.6) is 0 Å². The van der Waals surface area contributed by atoms with Gasteiger partial charge < -0.3 is 15.3 Å². The SMILES string of the molecule is CCC1(C(=O)N2CCCC2CCCO)CCNC1. The van der Waals surface area contributed by atoms with Crippen LogP contribution in [0.3, 0.4) is 0 Å². The number of likely N-dealkylation sites (tertiary alicyclic amines) is 1. The number of carbonyl (C=O) groups is 1.